The van der Waals surface area contributed by atoms with E-state index in [4.69, 9.17) is 15.2 Å². The molecule has 2 amide bonds. The molecule has 0 radical (unpaired) electrons. The Morgan fingerprint density at radius 2 is 1.90 bits per heavy atom. The molecule has 1 atom stereocenters. The van der Waals surface area contributed by atoms with Gasteiger partial charge in [0.15, 0.2) is 6.61 Å². The third-order valence-electron chi connectivity index (χ3n) is 1.94. The fraction of sp³-hybridized carbons (Fsp3) is 0.750. The highest BCUT2D eigenvalue weighted by atomic mass is 32.2. The number of amides is 2. The Morgan fingerprint density at radius 1 is 1.30 bits per heavy atom. The lowest BCUT2D eigenvalue weighted by Crippen LogP contribution is -2.45. The Bertz CT molecular complexity index is 354. The van der Waals surface area contributed by atoms with Crippen LogP contribution in [0.1, 0.15) is 27.2 Å². The van der Waals surface area contributed by atoms with Gasteiger partial charge in [0.2, 0.25) is 0 Å². The van der Waals surface area contributed by atoms with Crippen molar-refractivity contribution >= 4 is 29.7 Å². The molecule has 20 heavy (non-hydrogen) atoms. The monoisotopic (exact) mass is 306 g/mol. The van der Waals surface area contributed by atoms with Crippen LogP contribution in [0.4, 0.5) is 4.79 Å². The van der Waals surface area contributed by atoms with Crippen molar-refractivity contribution in [3.8, 4) is 0 Å². The van der Waals surface area contributed by atoms with Crippen molar-refractivity contribution in [3.63, 3.8) is 0 Å². The van der Waals surface area contributed by atoms with Crippen LogP contribution in [0.3, 0.4) is 0 Å². The van der Waals surface area contributed by atoms with E-state index in [0.29, 0.717) is 12.2 Å². The summed E-state index contributed by atoms with van der Waals surface area (Å²) in [4.78, 5) is 34.0. The molecule has 3 N–H and O–H groups in total. The van der Waals surface area contributed by atoms with Gasteiger partial charge in [0, 0.05) is 0 Å². The molecular formula is C12H22N2O5S. The molecule has 8 heteroatoms. The summed E-state index contributed by atoms with van der Waals surface area (Å²) in [6.45, 7) is 4.64. The number of alkyl carbamates (subject to hydrolysis) is 1. The molecule has 0 fully saturated rings. The Balaban J connectivity index is 4.50. The van der Waals surface area contributed by atoms with Crippen molar-refractivity contribution in [3.05, 3.63) is 0 Å². The van der Waals surface area contributed by atoms with Gasteiger partial charge in [-0.3, -0.25) is 4.79 Å². The van der Waals surface area contributed by atoms with Gasteiger partial charge >= 0.3 is 12.1 Å². The quantitative estimate of drug-likeness (QED) is 0.669. The zero-order valence-electron chi connectivity index (χ0n) is 12.2. The van der Waals surface area contributed by atoms with E-state index in [2.05, 4.69) is 5.32 Å². The van der Waals surface area contributed by atoms with E-state index in [1.54, 1.807) is 20.8 Å². The molecule has 0 rings (SSSR count). The lowest BCUT2D eigenvalue weighted by atomic mass is 10.2. The number of nitrogens with one attached hydrogen (secondary N) is 1. The van der Waals surface area contributed by atoms with Crippen LogP contribution in [0.2, 0.25) is 0 Å². The van der Waals surface area contributed by atoms with Crippen LogP contribution in [-0.4, -0.2) is 48.2 Å². The van der Waals surface area contributed by atoms with Crippen LogP contribution in [0, 0.1) is 0 Å². The van der Waals surface area contributed by atoms with Gasteiger partial charge in [0.25, 0.3) is 5.91 Å². The van der Waals surface area contributed by atoms with E-state index in [1.807, 2.05) is 6.26 Å². The molecule has 0 aromatic rings. The molecule has 0 aromatic heterocycles. The van der Waals surface area contributed by atoms with Crippen molar-refractivity contribution in [1.29, 1.82) is 0 Å². The van der Waals surface area contributed by atoms with Gasteiger partial charge in [0.05, 0.1) is 0 Å². The molecule has 0 aromatic carbocycles. The Labute approximate surface area is 122 Å². The first-order chi connectivity index (χ1) is 9.15. The maximum Gasteiger partial charge on any atom is 0.408 e. The highest BCUT2D eigenvalue weighted by Gasteiger charge is 2.25. The molecule has 0 aliphatic rings. The summed E-state index contributed by atoms with van der Waals surface area (Å²) in [6.07, 6.45) is 1.54. The van der Waals surface area contributed by atoms with Crippen molar-refractivity contribution in [2.45, 2.75) is 38.8 Å². The highest BCUT2D eigenvalue weighted by molar-refractivity contribution is 7.98. The predicted octanol–water partition coefficient (Wildman–Crippen LogP) is 0.661. The number of carbonyl (C=O) groups excluding carboxylic acids is 3. The molecule has 0 saturated carbocycles. The minimum atomic E-state index is -0.864. The fourth-order valence-electron chi connectivity index (χ4n) is 1.18. The number of hydrogen-bond acceptors (Lipinski definition) is 6. The van der Waals surface area contributed by atoms with Gasteiger partial charge in [-0.1, -0.05) is 0 Å². The topological polar surface area (TPSA) is 108 Å². The lowest BCUT2D eigenvalue weighted by molar-refractivity contribution is -0.149. The largest absolute Gasteiger partial charge is 0.454 e. The van der Waals surface area contributed by atoms with Gasteiger partial charge in [-0.25, -0.2) is 9.59 Å². The first kappa shape index (κ1) is 18.6. The first-order valence-electron chi connectivity index (χ1n) is 6.09. The molecule has 116 valence electrons. The molecule has 0 aliphatic heterocycles. The second-order valence-electron chi connectivity index (χ2n) is 5.05. The van der Waals surface area contributed by atoms with Crippen LogP contribution in [0.25, 0.3) is 0 Å². The second-order valence-corrected chi connectivity index (χ2v) is 6.04. The summed E-state index contributed by atoms with van der Waals surface area (Å²) in [5.74, 6) is -0.811. The summed E-state index contributed by atoms with van der Waals surface area (Å²) in [5.41, 5.74) is 4.23. The molecule has 0 saturated heterocycles. The van der Waals surface area contributed by atoms with Crippen LogP contribution < -0.4 is 11.1 Å². The van der Waals surface area contributed by atoms with E-state index >= 15 is 0 Å². The smallest absolute Gasteiger partial charge is 0.408 e. The van der Waals surface area contributed by atoms with E-state index in [0.717, 1.165) is 0 Å². The maximum atomic E-state index is 11.7. The number of hydrogen-bond donors (Lipinski definition) is 2. The summed E-state index contributed by atoms with van der Waals surface area (Å²) in [7, 11) is 0. The number of primary amides is 1. The normalized spacial score (nSPS) is 12.4. The van der Waals surface area contributed by atoms with Gasteiger partial charge in [-0.15, -0.1) is 0 Å². The predicted molar refractivity (Wildman–Crippen MR) is 76.3 cm³/mol. The van der Waals surface area contributed by atoms with Crippen molar-refractivity contribution in [2.24, 2.45) is 5.73 Å². The minimum absolute atomic E-state index is 0.373. The van der Waals surface area contributed by atoms with Gasteiger partial charge in [-0.05, 0) is 39.2 Å². The van der Waals surface area contributed by atoms with E-state index in [-0.39, 0.29) is 0 Å². The SMILES string of the molecule is CSCCC(NC(=O)OC(C)(C)C)C(=O)OCC(N)=O. The molecule has 7 nitrogen and oxygen atoms in total. The van der Waals surface area contributed by atoms with Crippen LogP contribution in [0.5, 0.6) is 0 Å². The van der Waals surface area contributed by atoms with E-state index in [1.165, 1.54) is 11.8 Å². The van der Waals surface area contributed by atoms with Crippen molar-refractivity contribution in [1.82, 2.24) is 5.32 Å². The third-order valence-corrected chi connectivity index (χ3v) is 2.59. The summed E-state index contributed by atoms with van der Waals surface area (Å²) < 4.78 is 9.77. The zero-order valence-corrected chi connectivity index (χ0v) is 13.0. The van der Waals surface area contributed by atoms with Gasteiger partial charge in [-0.2, -0.15) is 11.8 Å². The van der Waals surface area contributed by atoms with Crippen molar-refractivity contribution in [2.75, 3.05) is 18.6 Å². The Morgan fingerprint density at radius 3 is 2.35 bits per heavy atom. The number of carbonyl (C=O) groups is 3. The van der Waals surface area contributed by atoms with Gasteiger partial charge in [0.1, 0.15) is 11.6 Å². The van der Waals surface area contributed by atoms with Crippen LogP contribution in [0.15, 0.2) is 0 Å². The summed E-state index contributed by atoms with van der Waals surface area (Å²) >= 11 is 1.52. The van der Waals surface area contributed by atoms with Crippen LogP contribution >= 0.6 is 11.8 Å². The van der Waals surface area contributed by atoms with E-state index in [9.17, 15) is 14.4 Å². The number of rotatable bonds is 7. The minimum Gasteiger partial charge on any atom is -0.454 e. The fourth-order valence-corrected chi connectivity index (χ4v) is 1.65. The first-order valence-corrected chi connectivity index (χ1v) is 7.48. The zero-order chi connectivity index (χ0) is 15.8. The summed E-state index contributed by atoms with van der Waals surface area (Å²) in [5, 5.41) is 2.43. The molecular weight excluding hydrogens is 284 g/mol. The molecule has 1 unspecified atom stereocenters. The van der Waals surface area contributed by atoms with Crippen LogP contribution in [-0.2, 0) is 19.1 Å². The maximum absolute atomic E-state index is 11.7. The second kappa shape index (κ2) is 8.68. The molecule has 0 heterocycles. The van der Waals surface area contributed by atoms with E-state index < -0.39 is 36.2 Å². The molecule has 0 spiro atoms. The number of esters is 1. The number of ether oxygens (including phenoxy) is 2. The average molecular weight is 306 g/mol. The standard InChI is InChI=1S/C12H22N2O5S/c1-12(2,3)19-11(17)14-8(5-6-20-4)10(16)18-7-9(13)15/h8H,5-7H2,1-4H3,(H2,13,15)(H,14,17). The lowest BCUT2D eigenvalue weighted by Gasteiger charge is -2.22. The highest BCUT2D eigenvalue weighted by Crippen LogP contribution is 2.08. The Hall–Kier alpha value is -1.44. The van der Waals surface area contributed by atoms with Gasteiger partial charge < -0.3 is 20.5 Å². The number of thioether (sulfide) groups is 1. The molecule has 0 aliphatic carbocycles. The Kier molecular flexibility index (Phi) is 8.05. The van der Waals surface area contributed by atoms with Crippen molar-refractivity contribution < 1.29 is 23.9 Å². The average Bonchev–Trinajstić information content (AvgIpc) is 2.28. The molecule has 0 bridgehead atoms. The summed E-state index contributed by atoms with van der Waals surface area (Å²) in [6, 6.07) is -0.864. The number of nitrogens with two attached hydrogens (primary N) is 1. The third kappa shape index (κ3) is 9.48.